The summed E-state index contributed by atoms with van der Waals surface area (Å²) >= 11 is 0. The maximum Gasteiger partial charge on any atom is 0.325 e. The van der Waals surface area contributed by atoms with Crippen molar-refractivity contribution >= 4 is 11.7 Å². The quantitative estimate of drug-likeness (QED) is 0.847. The number of methoxy groups -OCH3 is 1. The number of esters is 1. The molecule has 114 valence electrons. The minimum Gasteiger partial charge on any atom is -0.468 e. The van der Waals surface area contributed by atoms with E-state index in [0.717, 1.165) is 25.9 Å². The summed E-state index contributed by atoms with van der Waals surface area (Å²) in [7, 11) is 1.46. The van der Waals surface area contributed by atoms with E-state index < -0.39 is 5.54 Å². The number of rotatable bonds is 2. The molecule has 21 heavy (non-hydrogen) atoms. The van der Waals surface area contributed by atoms with Gasteiger partial charge >= 0.3 is 5.97 Å². The fraction of sp³-hybridized carbons (Fsp3) is 0.588. The molecule has 0 aromatic heterocycles. The normalized spacial score (nSPS) is 28.9. The van der Waals surface area contributed by atoms with Crippen molar-refractivity contribution in [1.82, 2.24) is 5.32 Å². The molecule has 2 aliphatic heterocycles. The summed E-state index contributed by atoms with van der Waals surface area (Å²) in [6, 6.07) is 9.03. The lowest BCUT2D eigenvalue weighted by atomic mass is 9.97. The molecule has 1 unspecified atom stereocenters. The van der Waals surface area contributed by atoms with Crippen LogP contribution < -0.4 is 10.2 Å². The van der Waals surface area contributed by atoms with E-state index in [9.17, 15) is 4.79 Å². The topological polar surface area (TPSA) is 41.6 Å². The monoisotopic (exact) mass is 288 g/mol. The molecule has 0 bridgehead atoms. The third-order valence-corrected chi connectivity index (χ3v) is 4.84. The van der Waals surface area contributed by atoms with Crippen LogP contribution in [0, 0.1) is 0 Å². The second-order valence-electron chi connectivity index (χ2n) is 6.34. The predicted octanol–water partition coefficient (Wildman–Crippen LogP) is 2.12. The van der Waals surface area contributed by atoms with Gasteiger partial charge in [-0.05, 0) is 44.2 Å². The van der Waals surface area contributed by atoms with Gasteiger partial charge in [0.15, 0.2) is 0 Å². The molecule has 2 atom stereocenters. The Morgan fingerprint density at radius 2 is 2.19 bits per heavy atom. The lowest BCUT2D eigenvalue weighted by Crippen LogP contribution is -2.45. The molecular weight excluding hydrogens is 264 g/mol. The SMILES string of the molecule is COC(=O)[C@]1(C)CC(N2CCCCc3ccccc32)CN1. The summed E-state index contributed by atoms with van der Waals surface area (Å²) in [5.41, 5.74) is 2.22. The van der Waals surface area contributed by atoms with Gasteiger partial charge in [-0.25, -0.2) is 0 Å². The average Bonchev–Trinajstić information content (AvgIpc) is 2.78. The van der Waals surface area contributed by atoms with E-state index in [2.05, 4.69) is 34.5 Å². The molecule has 0 spiro atoms. The van der Waals surface area contributed by atoms with Crippen LogP contribution in [0.4, 0.5) is 5.69 Å². The Kier molecular flexibility index (Phi) is 3.89. The van der Waals surface area contributed by atoms with E-state index in [1.54, 1.807) is 0 Å². The number of carbonyl (C=O) groups is 1. The summed E-state index contributed by atoms with van der Waals surface area (Å²) in [6.07, 6.45) is 4.40. The number of aryl methyl sites for hydroxylation is 1. The average molecular weight is 288 g/mol. The third-order valence-electron chi connectivity index (χ3n) is 4.84. The molecule has 1 fully saturated rings. The molecule has 0 saturated carbocycles. The Hall–Kier alpha value is -1.55. The highest BCUT2D eigenvalue weighted by Gasteiger charge is 2.44. The molecule has 1 aromatic rings. The van der Waals surface area contributed by atoms with E-state index in [1.165, 1.54) is 31.2 Å². The summed E-state index contributed by atoms with van der Waals surface area (Å²) < 4.78 is 4.95. The fourth-order valence-electron chi connectivity index (χ4n) is 3.66. The molecule has 3 rings (SSSR count). The lowest BCUT2D eigenvalue weighted by Gasteiger charge is -2.31. The Bertz CT molecular complexity index is 531. The molecule has 0 aliphatic carbocycles. The molecular formula is C17H24N2O2. The number of nitrogens with zero attached hydrogens (tertiary/aromatic N) is 1. The van der Waals surface area contributed by atoms with Crippen LogP contribution in [0.25, 0.3) is 0 Å². The molecule has 0 radical (unpaired) electrons. The number of benzene rings is 1. The summed E-state index contributed by atoms with van der Waals surface area (Å²) in [5.74, 6) is -0.159. The van der Waals surface area contributed by atoms with Gasteiger partial charge in [0.05, 0.1) is 7.11 Å². The molecule has 2 aliphatic rings. The Balaban J connectivity index is 1.83. The van der Waals surface area contributed by atoms with E-state index in [4.69, 9.17) is 4.74 Å². The van der Waals surface area contributed by atoms with Crippen LogP contribution in [0.3, 0.4) is 0 Å². The van der Waals surface area contributed by atoms with E-state index in [1.807, 2.05) is 6.92 Å². The van der Waals surface area contributed by atoms with Crippen LogP contribution in [-0.4, -0.2) is 37.7 Å². The first-order chi connectivity index (χ1) is 10.1. The maximum atomic E-state index is 12.0. The van der Waals surface area contributed by atoms with Gasteiger partial charge in [-0.2, -0.15) is 0 Å². The first-order valence-electron chi connectivity index (χ1n) is 7.82. The first-order valence-corrected chi connectivity index (χ1v) is 7.82. The van der Waals surface area contributed by atoms with E-state index in [0.29, 0.717) is 6.04 Å². The van der Waals surface area contributed by atoms with Crippen LogP contribution in [0.15, 0.2) is 24.3 Å². The Morgan fingerprint density at radius 1 is 1.38 bits per heavy atom. The highest BCUT2D eigenvalue weighted by atomic mass is 16.5. The summed E-state index contributed by atoms with van der Waals surface area (Å²) in [6.45, 7) is 3.85. The van der Waals surface area contributed by atoms with Gasteiger partial charge in [0.2, 0.25) is 0 Å². The van der Waals surface area contributed by atoms with Gasteiger partial charge in [-0.1, -0.05) is 18.2 Å². The fourth-order valence-corrected chi connectivity index (χ4v) is 3.66. The van der Waals surface area contributed by atoms with Gasteiger partial charge < -0.3 is 9.64 Å². The molecule has 4 nitrogen and oxygen atoms in total. The number of anilines is 1. The number of hydrogen-bond acceptors (Lipinski definition) is 4. The van der Waals surface area contributed by atoms with Crippen molar-refractivity contribution in [2.75, 3.05) is 25.1 Å². The second kappa shape index (κ2) is 5.68. The molecule has 1 saturated heterocycles. The van der Waals surface area contributed by atoms with Crippen LogP contribution in [0.5, 0.6) is 0 Å². The zero-order valence-electron chi connectivity index (χ0n) is 12.9. The number of ether oxygens (including phenoxy) is 1. The lowest BCUT2D eigenvalue weighted by molar-refractivity contribution is -0.147. The van der Waals surface area contributed by atoms with Gasteiger partial charge in [0, 0.05) is 24.8 Å². The standard InChI is InChI=1S/C17H24N2O2/c1-17(16(20)21-2)11-14(12-18-17)19-10-6-5-8-13-7-3-4-9-15(13)19/h3-4,7,9,14,18H,5-6,8,10-12H2,1-2H3/t14?,17-/m0/s1. The van der Waals surface area contributed by atoms with Crippen molar-refractivity contribution in [3.8, 4) is 0 Å². The molecule has 2 heterocycles. The smallest absolute Gasteiger partial charge is 0.325 e. The number of fused-ring (bicyclic) bond motifs is 1. The van der Waals surface area contributed by atoms with Crippen LogP contribution in [-0.2, 0) is 16.0 Å². The molecule has 1 aromatic carbocycles. The zero-order chi connectivity index (χ0) is 14.9. The largest absolute Gasteiger partial charge is 0.468 e. The van der Waals surface area contributed by atoms with Gasteiger partial charge in [-0.3, -0.25) is 10.1 Å². The first kappa shape index (κ1) is 14.4. The molecule has 4 heteroatoms. The minimum atomic E-state index is -0.555. The predicted molar refractivity (Wildman–Crippen MR) is 83.6 cm³/mol. The minimum absolute atomic E-state index is 0.159. The Morgan fingerprint density at radius 3 is 3.00 bits per heavy atom. The second-order valence-corrected chi connectivity index (χ2v) is 6.34. The maximum absolute atomic E-state index is 12.0. The zero-order valence-corrected chi connectivity index (χ0v) is 12.9. The van der Waals surface area contributed by atoms with Crippen molar-refractivity contribution in [3.05, 3.63) is 29.8 Å². The molecule has 0 amide bonds. The van der Waals surface area contributed by atoms with E-state index >= 15 is 0 Å². The Labute approximate surface area is 126 Å². The van der Waals surface area contributed by atoms with Gasteiger partial charge in [-0.15, -0.1) is 0 Å². The van der Waals surface area contributed by atoms with Crippen LogP contribution in [0.1, 0.15) is 31.7 Å². The highest BCUT2D eigenvalue weighted by Crippen LogP contribution is 2.32. The third kappa shape index (κ3) is 2.64. The van der Waals surface area contributed by atoms with Gasteiger partial charge in [0.1, 0.15) is 5.54 Å². The number of para-hydroxylation sites is 1. The number of hydrogen-bond donors (Lipinski definition) is 1. The van der Waals surface area contributed by atoms with Crippen molar-refractivity contribution in [2.24, 2.45) is 0 Å². The molecule has 1 N–H and O–H groups in total. The van der Waals surface area contributed by atoms with Gasteiger partial charge in [0.25, 0.3) is 0 Å². The van der Waals surface area contributed by atoms with Crippen LogP contribution in [0.2, 0.25) is 0 Å². The van der Waals surface area contributed by atoms with Crippen molar-refractivity contribution < 1.29 is 9.53 Å². The van der Waals surface area contributed by atoms with E-state index in [-0.39, 0.29) is 5.97 Å². The van der Waals surface area contributed by atoms with Crippen molar-refractivity contribution in [2.45, 2.75) is 44.2 Å². The van der Waals surface area contributed by atoms with Crippen LogP contribution >= 0.6 is 0 Å². The summed E-state index contributed by atoms with van der Waals surface area (Å²) in [4.78, 5) is 14.5. The highest BCUT2D eigenvalue weighted by molar-refractivity contribution is 5.81. The summed E-state index contributed by atoms with van der Waals surface area (Å²) in [5, 5.41) is 3.37. The van der Waals surface area contributed by atoms with Crippen molar-refractivity contribution in [3.63, 3.8) is 0 Å². The number of nitrogens with one attached hydrogen (secondary N) is 1. The van der Waals surface area contributed by atoms with Crippen molar-refractivity contribution in [1.29, 1.82) is 0 Å². The number of carbonyl (C=O) groups excluding carboxylic acids is 1.